The molecule has 33 heavy (non-hydrogen) atoms. The third kappa shape index (κ3) is 3.89. The summed E-state index contributed by atoms with van der Waals surface area (Å²) in [7, 11) is 0. The number of rotatable bonds is 5. The summed E-state index contributed by atoms with van der Waals surface area (Å²) in [5, 5.41) is 0.640. The van der Waals surface area contributed by atoms with Crippen molar-refractivity contribution in [2.75, 3.05) is 10.5 Å². The molecule has 0 aliphatic heterocycles. The minimum absolute atomic E-state index is 0.150. The summed E-state index contributed by atoms with van der Waals surface area (Å²) in [6, 6.07) is 7.70. The monoisotopic (exact) mass is 471 g/mol. The van der Waals surface area contributed by atoms with Crippen LogP contribution in [-0.2, 0) is 11.4 Å². The van der Waals surface area contributed by atoms with Crippen LogP contribution in [0, 0.1) is 17.5 Å². The largest absolute Gasteiger partial charge is 0.588 e. The Hall–Kier alpha value is -3.24. The van der Waals surface area contributed by atoms with Gasteiger partial charge < -0.3 is 14.9 Å². The number of hydrogen-bond acceptors (Lipinski definition) is 5. The van der Waals surface area contributed by atoms with Crippen LogP contribution < -0.4 is 10.5 Å². The number of nitrogen functional groups attached to an aromatic ring is 1. The van der Waals surface area contributed by atoms with E-state index in [1.165, 1.54) is 18.5 Å². The fraction of sp³-hybridized carbons (Fsp3) is 0.217. The average molecular weight is 472 g/mol. The number of anilines is 2. The molecule has 1 aliphatic rings. The fourth-order valence-electron chi connectivity index (χ4n) is 4.36. The van der Waals surface area contributed by atoms with E-state index >= 15 is 0 Å². The lowest BCUT2D eigenvalue weighted by molar-refractivity contribution is 0.520. The van der Waals surface area contributed by atoms with Gasteiger partial charge in [0.2, 0.25) is 0 Å². The fourth-order valence-corrected chi connectivity index (χ4v) is 5.32. The van der Waals surface area contributed by atoms with Gasteiger partial charge in [-0.15, -0.1) is 0 Å². The van der Waals surface area contributed by atoms with E-state index in [4.69, 9.17) is 5.73 Å². The molecule has 1 atom stereocenters. The van der Waals surface area contributed by atoms with Crippen LogP contribution in [0.25, 0.3) is 22.2 Å². The van der Waals surface area contributed by atoms with Gasteiger partial charge in [-0.25, -0.2) is 27.9 Å². The van der Waals surface area contributed by atoms with Crippen LogP contribution in [0.1, 0.15) is 31.7 Å². The number of halogens is 3. The quantitative estimate of drug-likeness (QED) is 0.383. The van der Waals surface area contributed by atoms with Gasteiger partial charge in [-0.3, -0.25) is 0 Å². The molecule has 4 aromatic rings. The zero-order chi connectivity index (χ0) is 23.1. The van der Waals surface area contributed by atoms with Gasteiger partial charge in [0.05, 0.1) is 5.39 Å². The molecule has 3 N–H and O–H groups in total. The molecule has 10 heteroatoms. The van der Waals surface area contributed by atoms with E-state index in [-0.39, 0.29) is 5.69 Å². The molecule has 2 aromatic carbocycles. The van der Waals surface area contributed by atoms with Crippen molar-refractivity contribution in [1.82, 2.24) is 14.5 Å². The lowest BCUT2D eigenvalue weighted by atomic mass is 10.1. The van der Waals surface area contributed by atoms with Crippen LogP contribution in [0.3, 0.4) is 0 Å². The van der Waals surface area contributed by atoms with Crippen LogP contribution in [-0.4, -0.2) is 19.1 Å². The topological polar surface area (TPSA) is 91.8 Å². The summed E-state index contributed by atoms with van der Waals surface area (Å²) >= 11 is -2.33. The van der Waals surface area contributed by atoms with E-state index in [9.17, 15) is 17.7 Å². The van der Waals surface area contributed by atoms with Gasteiger partial charge in [-0.1, -0.05) is 25.0 Å². The molecule has 5 rings (SSSR count). The maximum atomic E-state index is 15.0. The van der Waals surface area contributed by atoms with Crippen LogP contribution in [0.4, 0.5) is 24.7 Å². The van der Waals surface area contributed by atoms with Crippen molar-refractivity contribution in [2.24, 2.45) is 0 Å². The molecule has 0 amide bonds. The molecule has 0 bridgehead atoms. The summed E-state index contributed by atoms with van der Waals surface area (Å²) in [6.45, 7) is 0. The van der Waals surface area contributed by atoms with Crippen molar-refractivity contribution in [2.45, 2.75) is 36.6 Å². The Morgan fingerprint density at radius 1 is 1.03 bits per heavy atom. The predicted octanol–water partition coefficient (Wildman–Crippen LogP) is 5.35. The van der Waals surface area contributed by atoms with E-state index in [0.29, 0.717) is 34.0 Å². The van der Waals surface area contributed by atoms with E-state index < -0.39 is 33.7 Å². The Morgan fingerprint density at radius 3 is 2.45 bits per heavy atom. The highest BCUT2D eigenvalue weighted by Crippen LogP contribution is 2.39. The summed E-state index contributed by atoms with van der Waals surface area (Å²) in [5.41, 5.74) is 7.91. The molecule has 1 unspecified atom stereocenters. The maximum Gasteiger partial charge on any atom is 0.250 e. The zero-order valence-electron chi connectivity index (χ0n) is 17.4. The van der Waals surface area contributed by atoms with Crippen molar-refractivity contribution < 1.29 is 17.7 Å². The Kier molecular flexibility index (Phi) is 5.63. The molecule has 0 spiro atoms. The van der Waals surface area contributed by atoms with Gasteiger partial charge >= 0.3 is 0 Å². The number of fused-ring (bicyclic) bond motifs is 1. The summed E-state index contributed by atoms with van der Waals surface area (Å²) < 4.78 is 59.7. The Labute approximate surface area is 191 Å². The van der Waals surface area contributed by atoms with Crippen molar-refractivity contribution in [3.8, 4) is 11.1 Å². The molecule has 6 nitrogen and oxygen atoms in total. The molecular weight excluding hydrogens is 451 g/mol. The molecule has 1 aliphatic carbocycles. The third-order valence-electron chi connectivity index (χ3n) is 5.94. The minimum atomic E-state index is -2.33. The first-order chi connectivity index (χ1) is 15.9. The van der Waals surface area contributed by atoms with Gasteiger partial charge in [0.25, 0.3) is 4.90 Å². The van der Waals surface area contributed by atoms with Gasteiger partial charge in [-0.2, -0.15) is 0 Å². The first-order valence-corrected chi connectivity index (χ1v) is 11.6. The van der Waals surface area contributed by atoms with Crippen molar-refractivity contribution in [3.05, 3.63) is 66.4 Å². The zero-order valence-corrected chi connectivity index (χ0v) is 18.2. The number of nitrogens with zero attached hydrogens (tertiary/aromatic N) is 3. The van der Waals surface area contributed by atoms with Crippen LogP contribution in [0.5, 0.6) is 0 Å². The SMILES string of the molecule is Nc1ncnc2c1c(-c1ccc(N[S+]([O-])c3c(F)cccc3F)c(F)c1)cn2C1CCCC1. The minimum Gasteiger partial charge on any atom is -0.588 e. The molecule has 2 aromatic heterocycles. The van der Waals surface area contributed by atoms with Gasteiger partial charge in [0.1, 0.15) is 34.8 Å². The Bertz CT molecular complexity index is 1320. The van der Waals surface area contributed by atoms with E-state index in [0.717, 1.165) is 43.9 Å². The van der Waals surface area contributed by atoms with E-state index in [2.05, 4.69) is 19.3 Å². The molecule has 2 heterocycles. The number of benzene rings is 2. The first kappa shape index (κ1) is 21.6. The van der Waals surface area contributed by atoms with Gasteiger partial charge in [-0.05, 0) is 42.7 Å². The smallest absolute Gasteiger partial charge is 0.250 e. The number of aromatic nitrogens is 3. The maximum absolute atomic E-state index is 15.0. The van der Waals surface area contributed by atoms with Gasteiger partial charge in [0, 0.05) is 17.8 Å². The van der Waals surface area contributed by atoms with Crippen LogP contribution in [0.15, 0.2) is 53.8 Å². The second-order valence-electron chi connectivity index (χ2n) is 7.96. The van der Waals surface area contributed by atoms with Gasteiger partial charge in [0.15, 0.2) is 17.5 Å². The number of hydrogen-bond donors (Lipinski definition) is 2. The first-order valence-electron chi connectivity index (χ1n) is 10.5. The van der Waals surface area contributed by atoms with Crippen LogP contribution >= 0.6 is 0 Å². The predicted molar refractivity (Wildman–Crippen MR) is 121 cm³/mol. The Morgan fingerprint density at radius 2 is 1.76 bits per heavy atom. The molecule has 0 radical (unpaired) electrons. The lowest BCUT2D eigenvalue weighted by Crippen LogP contribution is -2.17. The standard InChI is InChI=1S/C23H20F3N5OS/c24-16-6-3-7-17(25)21(16)33(32)30-19-9-8-13(10-18(19)26)15-11-31(14-4-1-2-5-14)23-20(15)22(27)28-12-29-23/h3,6-12,14,30H,1-2,4-5H2,(H2,27,28,29). The highest BCUT2D eigenvalue weighted by molar-refractivity contribution is 7.92. The lowest BCUT2D eigenvalue weighted by Gasteiger charge is -2.13. The molecule has 1 fully saturated rings. The molecular formula is C23H20F3N5OS. The van der Waals surface area contributed by atoms with Crippen LogP contribution in [0.2, 0.25) is 0 Å². The van der Waals surface area contributed by atoms with Crippen molar-refractivity contribution in [3.63, 3.8) is 0 Å². The van der Waals surface area contributed by atoms with E-state index in [1.54, 1.807) is 6.07 Å². The van der Waals surface area contributed by atoms with Crippen molar-refractivity contribution in [1.29, 1.82) is 0 Å². The second-order valence-corrected chi connectivity index (χ2v) is 9.11. The Balaban J connectivity index is 1.51. The molecule has 1 saturated carbocycles. The summed E-state index contributed by atoms with van der Waals surface area (Å²) in [6.07, 6.45) is 7.66. The average Bonchev–Trinajstić information content (AvgIpc) is 3.43. The third-order valence-corrected chi connectivity index (χ3v) is 7.11. The highest BCUT2D eigenvalue weighted by atomic mass is 32.2. The normalized spacial score (nSPS) is 15.3. The number of nitrogens with two attached hydrogens (primary N) is 1. The second kappa shape index (κ2) is 8.60. The summed E-state index contributed by atoms with van der Waals surface area (Å²) in [4.78, 5) is 7.85. The van der Waals surface area contributed by atoms with E-state index in [1.807, 2.05) is 6.20 Å². The highest BCUT2D eigenvalue weighted by Gasteiger charge is 2.26. The molecule has 170 valence electrons. The van der Waals surface area contributed by atoms with Crippen molar-refractivity contribution >= 4 is 33.9 Å². The molecule has 0 saturated heterocycles. The summed E-state index contributed by atoms with van der Waals surface area (Å²) in [5.74, 6) is -2.39. The number of nitrogens with one attached hydrogen (secondary N) is 1.